The fraction of sp³-hybridized carbons (Fsp3) is 0.250. The number of hydrogen-bond donors (Lipinski definition) is 4. The second-order valence-electron chi connectivity index (χ2n) is 6.38. The number of aromatic nitrogens is 1. The highest BCUT2D eigenvalue weighted by Crippen LogP contribution is 2.34. The predicted molar refractivity (Wildman–Crippen MR) is 104 cm³/mol. The van der Waals surface area contributed by atoms with Crippen LogP contribution in [0.1, 0.15) is 24.0 Å². The van der Waals surface area contributed by atoms with E-state index in [-0.39, 0.29) is 5.92 Å². The van der Waals surface area contributed by atoms with Crippen molar-refractivity contribution in [2.75, 3.05) is 6.54 Å². The smallest absolute Gasteiger partial charge is 0.239 e. The standard InChI is InChI=1S/C20H22ClN3O2/c1-12(25)19(22)20(26)24-11-15(13-6-2-4-8-17(13)21)16-10-23-18-9-5-3-7-14(16)18/h2-10,12,15,19,23,25H,11,22H2,1H3,(H,24,26)/t12-,15?,19+/m0/s1. The van der Waals surface area contributed by atoms with Crippen LogP contribution in [0, 0.1) is 0 Å². The van der Waals surface area contributed by atoms with Gasteiger partial charge in [0.05, 0.1) is 6.10 Å². The molecule has 1 aromatic heterocycles. The van der Waals surface area contributed by atoms with Gasteiger partial charge in [0.15, 0.2) is 0 Å². The van der Waals surface area contributed by atoms with Crippen molar-refractivity contribution in [2.24, 2.45) is 5.73 Å². The zero-order valence-electron chi connectivity index (χ0n) is 14.4. The number of nitrogens with one attached hydrogen (secondary N) is 2. The SMILES string of the molecule is C[C@H](O)[C@@H](N)C(=O)NCC(c1ccccc1Cl)c1c[nH]c2ccccc12. The van der Waals surface area contributed by atoms with Crippen LogP contribution in [0.15, 0.2) is 54.7 Å². The van der Waals surface area contributed by atoms with Crippen LogP contribution < -0.4 is 11.1 Å². The Hall–Kier alpha value is -2.34. The van der Waals surface area contributed by atoms with E-state index in [0.29, 0.717) is 11.6 Å². The third-order valence-electron chi connectivity index (χ3n) is 4.58. The molecule has 1 amide bonds. The summed E-state index contributed by atoms with van der Waals surface area (Å²) in [5.74, 6) is -0.540. The van der Waals surface area contributed by atoms with Crippen LogP contribution in [0.5, 0.6) is 0 Å². The lowest BCUT2D eigenvalue weighted by molar-refractivity contribution is -0.124. The summed E-state index contributed by atoms with van der Waals surface area (Å²) in [6.45, 7) is 1.82. The van der Waals surface area contributed by atoms with Crippen LogP contribution in [0.3, 0.4) is 0 Å². The minimum Gasteiger partial charge on any atom is -0.391 e. The number of H-pyrrole nitrogens is 1. The van der Waals surface area contributed by atoms with Gasteiger partial charge in [-0.25, -0.2) is 0 Å². The van der Waals surface area contributed by atoms with E-state index in [4.69, 9.17) is 17.3 Å². The quantitative estimate of drug-likeness (QED) is 0.537. The minimum atomic E-state index is -0.968. The number of aliphatic hydroxyl groups is 1. The average molecular weight is 372 g/mol. The van der Waals surface area contributed by atoms with Crippen LogP contribution >= 0.6 is 11.6 Å². The van der Waals surface area contributed by atoms with Crippen molar-refractivity contribution in [1.82, 2.24) is 10.3 Å². The fourth-order valence-electron chi connectivity index (χ4n) is 3.07. The lowest BCUT2D eigenvalue weighted by atomic mass is 9.90. The summed E-state index contributed by atoms with van der Waals surface area (Å²) >= 11 is 6.43. The molecule has 2 aromatic carbocycles. The third-order valence-corrected chi connectivity index (χ3v) is 4.92. The molecule has 6 heteroatoms. The number of halogens is 1. The molecule has 0 spiro atoms. The van der Waals surface area contributed by atoms with Gasteiger partial charge in [-0.2, -0.15) is 0 Å². The number of nitrogens with two attached hydrogens (primary N) is 1. The monoisotopic (exact) mass is 371 g/mol. The van der Waals surface area contributed by atoms with Gasteiger partial charge in [0, 0.05) is 34.6 Å². The molecule has 3 atom stereocenters. The lowest BCUT2D eigenvalue weighted by Gasteiger charge is -2.21. The second kappa shape index (κ2) is 7.91. The van der Waals surface area contributed by atoms with Crippen molar-refractivity contribution in [1.29, 1.82) is 0 Å². The van der Waals surface area contributed by atoms with E-state index < -0.39 is 18.1 Å². The zero-order valence-corrected chi connectivity index (χ0v) is 15.2. The van der Waals surface area contributed by atoms with Gasteiger partial charge in [0.2, 0.25) is 5.91 Å². The first-order chi connectivity index (χ1) is 12.5. The first kappa shape index (κ1) is 18.5. The molecule has 5 N–H and O–H groups in total. The Morgan fingerprint density at radius 1 is 1.19 bits per heavy atom. The maximum Gasteiger partial charge on any atom is 0.239 e. The number of aromatic amines is 1. The molecule has 5 nitrogen and oxygen atoms in total. The summed E-state index contributed by atoms with van der Waals surface area (Å²) in [5.41, 5.74) is 8.71. The third kappa shape index (κ3) is 3.75. The van der Waals surface area contributed by atoms with E-state index >= 15 is 0 Å². The Morgan fingerprint density at radius 3 is 2.62 bits per heavy atom. The van der Waals surface area contributed by atoms with Gasteiger partial charge >= 0.3 is 0 Å². The molecule has 1 unspecified atom stereocenters. The Balaban J connectivity index is 1.95. The van der Waals surface area contributed by atoms with Crippen molar-refractivity contribution >= 4 is 28.4 Å². The Labute approximate surface area is 157 Å². The Morgan fingerprint density at radius 2 is 1.88 bits per heavy atom. The van der Waals surface area contributed by atoms with Gasteiger partial charge in [-0.15, -0.1) is 0 Å². The van der Waals surface area contributed by atoms with E-state index in [1.807, 2.05) is 54.7 Å². The molecule has 0 aliphatic heterocycles. The molecule has 136 valence electrons. The average Bonchev–Trinajstić information content (AvgIpc) is 3.06. The van der Waals surface area contributed by atoms with E-state index in [1.165, 1.54) is 6.92 Å². The zero-order chi connectivity index (χ0) is 18.7. The number of rotatable bonds is 6. The van der Waals surface area contributed by atoms with Crippen LogP contribution in [0.4, 0.5) is 0 Å². The summed E-state index contributed by atoms with van der Waals surface area (Å²) in [5, 5.41) is 14.1. The second-order valence-corrected chi connectivity index (χ2v) is 6.78. The first-order valence-electron chi connectivity index (χ1n) is 8.51. The molecule has 0 radical (unpaired) electrons. The number of carbonyl (C=O) groups excluding carboxylic acids is 1. The van der Waals surface area contributed by atoms with Crippen LogP contribution in [-0.2, 0) is 4.79 Å². The van der Waals surface area contributed by atoms with E-state index in [0.717, 1.165) is 22.0 Å². The summed E-state index contributed by atoms with van der Waals surface area (Å²) in [6.07, 6.45) is 1.03. The van der Waals surface area contributed by atoms with Gasteiger partial charge < -0.3 is 21.1 Å². The number of carbonyl (C=O) groups is 1. The molecule has 3 rings (SSSR count). The minimum absolute atomic E-state index is 0.148. The summed E-state index contributed by atoms with van der Waals surface area (Å²) in [4.78, 5) is 15.5. The molecule has 0 bridgehead atoms. The molecule has 0 aliphatic carbocycles. The Kier molecular flexibility index (Phi) is 5.61. The number of hydrogen-bond acceptors (Lipinski definition) is 3. The van der Waals surface area contributed by atoms with Gasteiger partial charge in [-0.3, -0.25) is 4.79 Å². The summed E-state index contributed by atoms with van der Waals surface area (Å²) < 4.78 is 0. The molecule has 0 fully saturated rings. The normalized spacial score (nSPS) is 14.8. The molecule has 26 heavy (non-hydrogen) atoms. The molecule has 3 aromatic rings. The highest BCUT2D eigenvalue weighted by molar-refractivity contribution is 6.31. The fourth-order valence-corrected chi connectivity index (χ4v) is 3.33. The van der Waals surface area contributed by atoms with Crippen molar-refractivity contribution in [3.8, 4) is 0 Å². The van der Waals surface area contributed by atoms with Gasteiger partial charge in [0.1, 0.15) is 6.04 Å². The number of amides is 1. The number of para-hydroxylation sites is 1. The van der Waals surface area contributed by atoms with E-state index in [1.54, 1.807) is 0 Å². The van der Waals surface area contributed by atoms with E-state index in [9.17, 15) is 9.90 Å². The lowest BCUT2D eigenvalue weighted by Crippen LogP contribution is -2.48. The molecule has 0 saturated carbocycles. The molecular weight excluding hydrogens is 350 g/mol. The highest BCUT2D eigenvalue weighted by atomic mass is 35.5. The molecule has 0 aliphatic rings. The molecule has 0 saturated heterocycles. The van der Waals surface area contributed by atoms with Gasteiger partial charge in [-0.05, 0) is 30.2 Å². The van der Waals surface area contributed by atoms with Crippen LogP contribution in [-0.4, -0.2) is 34.7 Å². The molecule has 1 heterocycles. The summed E-state index contributed by atoms with van der Waals surface area (Å²) in [6, 6.07) is 14.6. The number of aliphatic hydroxyl groups excluding tert-OH is 1. The first-order valence-corrected chi connectivity index (χ1v) is 8.88. The highest BCUT2D eigenvalue weighted by Gasteiger charge is 2.24. The van der Waals surface area contributed by atoms with Crippen molar-refractivity contribution < 1.29 is 9.90 Å². The van der Waals surface area contributed by atoms with Gasteiger partial charge in [0.25, 0.3) is 0 Å². The maximum atomic E-state index is 12.2. The van der Waals surface area contributed by atoms with Crippen molar-refractivity contribution in [3.05, 3.63) is 70.9 Å². The summed E-state index contributed by atoms with van der Waals surface area (Å²) in [7, 11) is 0. The maximum absolute atomic E-state index is 12.2. The number of benzene rings is 2. The van der Waals surface area contributed by atoms with Crippen molar-refractivity contribution in [3.63, 3.8) is 0 Å². The van der Waals surface area contributed by atoms with E-state index in [2.05, 4.69) is 10.3 Å². The van der Waals surface area contributed by atoms with Crippen LogP contribution in [0.25, 0.3) is 10.9 Å². The molecular formula is C20H22ClN3O2. The Bertz CT molecular complexity index is 907. The number of fused-ring (bicyclic) bond motifs is 1. The predicted octanol–water partition coefficient (Wildman–Crippen LogP) is 2.78. The van der Waals surface area contributed by atoms with Gasteiger partial charge in [-0.1, -0.05) is 48.0 Å². The largest absolute Gasteiger partial charge is 0.391 e. The van der Waals surface area contributed by atoms with Crippen LogP contribution in [0.2, 0.25) is 5.02 Å². The topological polar surface area (TPSA) is 91.1 Å². The van der Waals surface area contributed by atoms with Crippen molar-refractivity contribution in [2.45, 2.75) is 25.0 Å².